The van der Waals surface area contributed by atoms with Gasteiger partial charge in [-0.3, -0.25) is 23.5 Å². The van der Waals surface area contributed by atoms with E-state index < -0.39 is 58.8 Å². The number of aromatic nitrogens is 3. The quantitative estimate of drug-likeness (QED) is 0.272. The van der Waals surface area contributed by atoms with Crippen LogP contribution in [0.2, 0.25) is 5.02 Å². The van der Waals surface area contributed by atoms with Gasteiger partial charge in [0.1, 0.15) is 22.5 Å². The number of nitrogens with zero attached hydrogens (tertiary/aromatic N) is 5. The minimum Gasteiger partial charge on any atom is -0.481 e. The van der Waals surface area contributed by atoms with Gasteiger partial charge in [0.05, 0.1) is 22.6 Å². The fourth-order valence-electron chi connectivity index (χ4n) is 5.95. The number of fused-ring (bicyclic) bond motifs is 1. The molecule has 0 bridgehead atoms. The van der Waals surface area contributed by atoms with Crippen LogP contribution in [0.5, 0.6) is 5.75 Å². The molecule has 280 valence electrons. The summed E-state index contributed by atoms with van der Waals surface area (Å²) in [5.74, 6) is -2.34. The normalized spacial score (nSPS) is 15.3. The Balaban J connectivity index is 1.57. The number of alkyl halides is 3. The van der Waals surface area contributed by atoms with Gasteiger partial charge in [-0.25, -0.2) is 9.59 Å². The summed E-state index contributed by atoms with van der Waals surface area (Å²) in [6, 6.07) is 3.53. The number of halogens is 4. The highest BCUT2D eigenvalue weighted by atomic mass is 35.5. The van der Waals surface area contributed by atoms with Crippen molar-refractivity contribution in [2.24, 2.45) is 24.5 Å². The summed E-state index contributed by atoms with van der Waals surface area (Å²) in [4.78, 5) is 70.5. The average Bonchev–Trinajstić information content (AvgIpc) is 3.58. The van der Waals surface area contributed by atoms with Gasteiger partial charge in [-0.2, -0.15) is 4.99 Å². The third-order valence-corrected chi connectivity index (χ3v) is 9.83. The van der Waals surface area contributed by atoms with E-state index in [-0.39, 0.29) is 70.3 Å². The minimum atomic E-state index is -5.00. The van der Waals surface area contributed by atoms with Gasteiger partial charge in [0.15, 0.2) is 4.80 Å². The van der Waals surface area contributed by atoms with Gasteiger partial charge in [0, 0.05) is 50.2 Å². The molecule has 1 aromatic carbocycles. The maximum Gasteiger partial charge on any atom is 0.573 e. The number of carboxylic acids is 1. The number of amides is 2. The van der Waals surface area contributed by atoms with Gasteiger partial charge in [0.25, 0.3) is 11.5 Å². The Morgan fingerprint density at radius 3 is 2.33 bits per heavy atom. The molecule has 14 nitrogen and oxygen atoms in total. The van der Waals surface area contributed by atoms with Crippen molar-refractivity contribution in [3.05, 3.63) is 65.6 Å². The lowest BCUT2D eigenvalue weighted by atomic mass is 9.78. The summed E-state index contributed by atoms with van der Waals surface area (Å²) in [6.07, 6.45) is -6.01. The van der Waals surface area contributed by atoms with E-state index in [9.17, 15) is 42.3 Å². The first-order valence-electron chi connectivity index (χ1n) is 15.8. The molecule has 0 radical (unpaired) electrons. The zero-order chi connectivity index (χ0) is 38.5. The van der Waals surface area contributed by atoms with Crippen LogP contribution >= 0.6 is 22.9 Å². The molecule has 2 amide bonds. The number of hydrogen-bond acceptors (Lipinski definition) is 9. The second-order valence-electron chi connectivity index (χ2n) is 13.4. The number of rotatable bonds is 7. The van der Waals surface area contributed by atoms with Crippen LogP contribution in [0.15, 0.2) is 42.6 Å². The van der Waals surface area contributed by atoms with E-state index in [1.807, 2.05) is 0 Å². The standard InChI is InChI=1S/C33H35ClF3N5O9S/c1-17-19(24-25(44)39(5)29(47)40(6)26(24)49-17)14-23(43)38-28-42(21(15-52-28)18-7-8-22(20(34)13-18)50-33(35,36)37)16-32(27(45)46)9-11-41(12-10-32)30(48)51-31(2,3)4/h7-8,13,15H,9-12,14,16H2,1-6H3,(H,45,46). The van der Waals surface area contributed by atoms with Gasteiger partial charge < -0.3 is 28.5 Å². The predicted molar refractivity (Wildman–Crippen MR) is 182 cm³/mol. The summed E-state index contributed by atoms with van der Waals surface area (Å²) in [7, 11) is 2.71. The highest BCUT2D eigenvalue weighted by Crippen LogP contribution is 2.38. The van der Waals surface area contributed by atoms with Crippen LogP contribution in [0.1, 0.15) is 44.9 Å². The maximum atomic E-state index is 13.6. The summed E-state index contributed by atoms with van der Waals surface area (Å²) in [6.45, 7) is 6.52. The zero-order valence-corrected chi connectivity index (χ0v) is 30.5. The molecule has 1 aliphatic rings. The molecular formula is C33H35ClF3N5O9S. The number of carbonyl (C=O) groups excluding carboxylic acids is 2. The van der Waals surface area contributed by atoms with Crippen molar-refractivity contribution in [1.82, 2.24) is 18.6 Å². The monoisotopic (exact) mass is 769 g/mol. The van der Waals surface area contributed by atoms with Crippen molar-refractivity contribution in [3.63, 3.8) is 0 Å². The van der Waals surface area contributed by atoms with Crippen LogP contribution in [0, 0.1) is 12.3 Å². The SMILES string of the molecule is Cc1oc2c(c1CC(=O)N=c1scc(-c3ccc(OC(F)(F)F)c(Cl)c3)n1CC1(C(=O)O)CCN(C(=O)OC(C)(C)C)CC1)c(=O)n(C)c(=O)n2C. The Morgan fingerprint density at radius 1 is 1.10 bits per heavy atom. The molecule has 19 heteroatoms. The largest absolute Gasteiger partial charge is 0.573 e. The molecule has 0 spiro atoms. The zero-order valence-electron chi connectivity index (χ0n) is 28.9. The molecule has 4 heterocycles. The number of ether oxygens (including phenoxy) is 2. The second-order valence-corrected chi connectivity index (χ2v) is 14.7. The lowest BCUT2D eigenvalue weighted by Gasteiger charge is -2.39. The Hall–Kier alpha value is -4.84. The summed E-state index contributed by atoms with van der Waals surface area (Å²) in [5.41, 5.74) is -2.76. The Labute approximate surface area is 302 Å². The van der Waals surface area contributed by atoms with Crippen LogP contribution in [0.4, 0.5) is 18.0 Å². The van der Waals surface area contributed by atoms with Crippen molar-refractivity contribution in [2.45, 2.75) is 65.5 Å². The number of carbonyl (C=O) groups is 3. The van der Waals surface area contributed by atoms with E-state index in [2.05, 4.69) is 9.73 Å². The number of carboxylic acid groups (broad SMARTS) is 1. The van der Waals surface area contributed by atoms with Crippen LogP contribution in [-0.2, 0) is 41.4 Å². The van der Waals surface area contributed by atoms with E-state index >= 15 is 0 Å². The molecule has 1 saturated heterocycles. The van der Waals surface area contributed by atoms with Gasteiger partial charge in [-0.15, -0.1) is 24.5 Å². The van der Waals surface area contributed by atoms with Gasteiger partial charge in [-0.05, 0) is 58.7 Å². The number of hydrogen-bond donors (Lipinski definition) is 1. The molecule has 1 N–H and O–H groups in total. The summed E-state index contributed by atoms with van der Waals surface area (Å²) >= 11 is 7.14. The van der Waals surface area contributed by atoms with Crippen LogP contribution in [0.25, 0.3) is 22.4 Å². The number of piperidine rings is 1. The number of furan rings is 1. The smallest absolute Gasteiger partial charge is 0.481 e. The Morgan fingerprint density at radius 2 is 1.75 bits per heavy atom. The molecule has 52 heavy (non-hydrogen) atoms. The summed E-state index contributed by atoms with van der Waals surface area (Å²) < 4.78 is 57.5. The second kappa shape index (κ2) is 13.9. The lowest BCUT2D eigenvalue weighted by Crippen LogP contribution is -2.50. The lowest BCUT2D eigenvalue weighted by molar-refractivity contribution is -0.274. The first-order chi connectivity index (χ1) is 24.1. The molecule has 5 rings (SSSR count). The van der Waals surface area contributed by atoms with E-state index in [0.29, 0.717) is 5.69 Å². The molecule has 0 saturated carbocycles. The predicted octanol–water partition coefficient (Wildman–Crippen LogP) is 4.99. The van der Waals surface area contributed by atoms with Crippen molar-refractivity contribution in [2.75, 3.05) is 13.1 Å². The van der Waals surface area contributed by atoms with Crippen molar-refractivity contribution in [3.8, 4) is 17.0 Å². The minimum absolute atomic E-state index is 0.00140. The van der Waals surface area contributed by atoms with Crippen LogP contribution in [0.3, 0.4) is 0 Å². The molecule has 0 unspecified atom stereocenters. The number of benzene rings is 1. The van der Waals surface area contributed by atoms with E-state index in [1.54, 1.807) is 26.2 Å². The van der Waals surface area contributed by atoms with Gasteiger partial charge in [-0.1, -0.05) is 11.6 Å². The molecule has 0 atom stereocenters. The third kappa shape index (κ3) is 7.81. The molecule has 1 fully saturated rings. The first kappa shape index (κ1) is 38.4. The molecule has 0 aliphatic carbocycles. The van der Waals surface area contributed by atoms with Crippen molar-refractivity contribution < 1.29 is 46.6 Å². The fourth-order valence-corrected chi connectivity index (χ4v) is 7.10. The topological polar surface area (TPSA) is 168 Å². The van der Waals surface area contributed by atoms with Crippen LogP contribution < -0.4 is 20.8 Å². The molecule has 1 aliphatic heterocycles. The Kier molecular flexibility index (Phi) is 10.3. The van der Waals surface area contributed by atoms with Gasteiger partial charge in [0.2, 0.25) is 5.71 Å². The van der Waals surface area contributed by atoms with E-state index in [0.717, 1.165) is 26.5 Å². The average molecular weight is 770 g/mol. The fraction of sp³-hybridized carbons (Fsp3) is 0.455. The van der Waals surface area contributed by atoms with Crippen molar-refractivity contribution in [1.29, 1.82) is 0 Å². The number of likely N-dealkylation sites (tertiary alicyclic amines) is 1. The number of thiazole rings is 1. The maximum absolute atomic E-state index is 13.6. The molecular weight excluding hydrogens is 735 g/mol. The highest BCUT2D eigenvalue weighted by Gasteiger charge is 2.44. The summed E-state index contributed by atoms with van der Waals surface area (Å²) in [5, 5.41) is 11.8. The van der Waals surface area contributed by atoms with Crippen molar-refractivity contribution >= 4 is 52.0 Å². The molecule has 4 aromatic rings. The van der Waals surface area contributed by atoms with E-state index in [4.69, 9.17) is 20.8 Å². The van der Waals surface area contributed by atoms with Gasteiger partial charge >= 0.3 is 24.1 Å². The van der Waals surface area contributed by atoms with Crippen LogP contribution in [-0.4, -0.2) is 66.7 Å². The third-order valence-electron chi connectivity index (χ3n) is 8.67. The number of aliphatic carboxylic acids is 1. The Bertz CT molecular complexity index is 2270. The van der Waals surface area contributed by atoms with E-state index in [1.165, 1.54) is 42.6 Å². The number of aryl methyl sites for hydroxylation is 2. The molecule has 3 aromatic heterocycles. The first-order valence-corrected chi connectivity index (χ1v) is 17.1. The highest BCUT2D eigenvalue weighted by molar-refractivity contribution is 7.07.